The Balaban J connectivity index is 2.36. The van der Waals surface area contributed by atoms with Crippen LogP contribution in [0.25, 0.3) is 0 Å². The Morgan fingerprint density at radius 3 is 2.26 bits per heavy atom. The number of carboxylic acids is 1. The molecule has 0 aliphatic rings. The zero-order valence-electron chi connectivity index (χ0n) is 12.5. The normalized spacial score (nSPS) is 10.0. The minimum atomic E-state index is -1.23. The van der Waals surface area contributed by atoms with Gasteiger partial charge in [-0.25, -0.2) is 9.59 Å². The molecule has 2 aromatic rings. The Morgan fingerprint density at radius 2 is 1.65 bits per heavy atom. The summed E-state index contributed by atoms with van der Waals surface area (Å²) < 4.78 is 15.3. The van der Waals surface area contributed by atoms with Crippen LogP contribution in [0, 0.1) is 0 Å². The van der Waals surface area contributed by atoms with Crippen molar-refractivity contribution in [3.8, 4) is 17.2 Å². The molecule has 0 saturated carbocycles. The van der Waals surface area contributed by atoms with Gasteiger partial charge >= 0.3 is 11.9 Å². The summed E-state index contributed by atoms with van der Waals surface area (Å²) in [5.41, 5.74) is 5.85. The second-order valence-electron chi connectivity index (χ2n) is 4.52. The highest BCUT2D eigenvalue weighted by atomic mass is 16.5. The molecule has 0 aliphatic carbocycles. The van der Waals surface area contributed by atoms with Gasteiger partial charge in [0.2, 0.25) is 0 Å². The first-order valence-electron chi connectivity index (χ1n) is 6.53. The van der Waals surface area contributed by atoms with Crippen molar-refractivity contribution in [1.29, 1.82) is 0 Å². The molecule has 0 bridgehead atoms. The molecular formula is C16H15NO6. The molecule has 2 rings (SSSR count). The van der Waals surface area contributed by atoms with E-state index in [1.165, 1.54) is 44.6 Å². The van der Waals surface area contributed by atoms with E-state index in [4.69, 9.17) is 25.1 Å². The summed E-state index contributed by atoms with van der Waals surface area (Å²) >= 11 is 0. The number of nitrogens with two attached hydrogens (primary N) is 1. The van der Waals surface area contributed by atoms with Crippen molar-refractivity contribution in [3.05, 3.63) is 47.5 Å². The van der Waals surface area contributed by atoms with Gasteiger partial charge in [-0.2, -0.15) is 0 Å². The van der Waals surface area contributed by atoms with Crippen LogP contribution in [0.2, 0.25) is 0 Å². The van der Waals surface area contributed by atoms with Crippen LogP contribution in [0.4, 0.5) is 5.69 Å². The molecule has 0 spiro atoms. The lowest BCUT2D eigenvalue weighted by atomic mass is 10.1. The van der Waals surface area contributed by atoms with Crippen LogP contribution in [-0.4, -0.2) is 31.3 Å². The van der Waals surface area contributed by atoms with Crippen molar-refractivity contribution < 1.29 is 28.9 Å². The van der Waals surface area contributed by atoms with Gasteiger partial charge in [0.25, 0.3) is 0 Å². The smallest absolute Gasteiger partial charge is 0.347 e. The maximum Gasteiger partial charge on any atom is 0.347 e. The first-order chi connectivity index (χ1) is 11.0. The zero-order valence-corrected chi connectivity index (χ0v) is 12.5. The molecule has 7 nitrogen and oxygen atoms in total. The van der Waals surface area contributed by atoms with E-state index in [0.717, 1.165) is 0 Å². The second-order valence-corrected chi connectivity index (χ2v) is 4.52. The van der Waals surface area contributed by atoms with Crippen LogP contribution in [0.3, 0.4) is 0 Å². The molecule has 0 unspecified atom stereocenters. The van der Waals surface area contributed by atoms with E-state index < -0.39 is 11.9 Å². The van der Waals surface area contributed by atoms with Crippen LogP contribution in [0.1, 0.15) is 20.7 Å². The van der Waals surface area contributed by atoms with E-state index in [0.29, 0.717) is 5.75 Å². The highest BCUT2D eigenvalue weighted by Crippen LogP contribution is 2.28. The summed E-state index contributed by atoms with van der Waals surface area (Å²) in [6.45, 7) is 0. The zero-order chi connectivity index (χ0) is 17.0. The topological polar surface area (TPSA) is 108 Å². The lowest BCUT2D eigenvalue weighted by Crippen LogP contribution is -2.13. The Morgan fingerprint density at radius 1 is 0.957 bits per heavy atom. The number of anilines is 1. The lowest BCUT2D eigenvalue weighted by molar-refractivity contribution is 0.0681. The molecule has 0 atom stereocenters. The fourth-order valence-corrected chi connectivity index (χ4v) is 1.92. The van der Waals surface area contributed by atoms with Gasteiger partial charge in [0.15, 0.2) is 0 Å². The van der Waals surface area contributed by atoms with E-state index in [9.17, 15) is 9.59 Å². The maximum absolute atomic E-state index is 12.3. The number of rotatable bonds is 5. The molecule has 0 heterocycles. The number of methoxy groups -OCH3 is 2. The summed E-state index contributed by atoms with van der Waals surface area (Å²) in [5, 5.41) is 9.14. The fraction of sp³-hybridized carbons (Fsp3) is 0.125. The molecule has 0 aromatic heterocycles. The summed E-state index contributed by atoms with van der Waals surface area (Å²) in [6, 6.07) is 8.51. The summed E-state index contributed by atoms with van der Waals surface area (Å²) in [7, 11) is 2.88. The van der Waals surface area contributed by atoms with E-state index in [1.54, 1.807) is 6.07 Å². The largest absolute Gasteiger partial charge is 0.497 e. The molecule has 3 N–H and O–H groups in total. The Labute approximate surface area is 132 Å². The van der Waals surface area contributed by atoms with Crippen LogP contribution in [0.15, 0.2) is 36.4 Å². The van der Waals surface area contributed by atoms with Gasteiger partial charge < -0.3 is 25.1 Å². The number of benzene rings is 2. The first-order valence-corrected chi connectivity index (χ1v) is 6.53. The SMILES string of the molecule is COc1ccc(C(=O)Oc2cc(N)ccc2C(=O)O)c(OC)c1. The average molecular weight is 317 g/mol. The molecule has 120 valence electrons. The van der Waals surface area contributed by atoms with Gasteiger partial charge in [-0.05, 0) is 24.3 Å². The Bertz CT molecular complexity index is 756. The molecule has 0 fully saturated rings. The minimum Gasteiger partial charge on any atom is -0.497 e. The van der Waals surface area contributed by atoms with Crippen LogP contribution >= 0.6 is 0 Å². The van der Waals surface area contributed by atoms with Crippen LogP contribution < -0.4 is 19.9 Å². The van der Waals surface area contributed by atoms with Gasteiger partial charge in [0.05, 0.1) is 14.2 Å². The second kappa shape index (κ2) is 6.69. The highest BCUT2D eigenvalue weighted by Gasteiger charge is 2.19. The number of aromatic carboxylic acids is 1. The third kappa shape index (κ3) is 3.52. The van der Waals surface area contributed by atoms with E-state index >= 15 is 0 Å². The van der Waals surface area contributed by atoms with Gasteiger partial charge in [0.1, 0.15) is 28.4 Å². The molecule has 2 aromatic carbocycles. The quantitative estimate of drug-likeness (QED) is 0.494. The number of hydrogen-bond donors (Lipinski definition) is 2. The summed E-state index contributed by atoms with van der Waals surface area (Å²) in [4.78, 5) is 23.5. The monoisotopic (exact) mass is 317 g/mol. The third-order valence-corrected chi connectivity index (χ3v) is 3.07. The number of carbonyl (C=O) groups is 2. The van der Waals surface area contributed by atoms with E-state index in [-0.39, 0.29) is 28.3 Å². The van der Waals surface area contributed by atoms with Crippen LogP contribution in [0.5, 0.6) is 17.2 Å². The molecule has 7 heteroatoms. The number of esters is 1. The van der Waals surface area contributed by atoms with Crippen molar-refractivity contribution in [2.45, 2.75) is 0 Å². The standard InChI is InChI=1S/C16H15NO6/c1-21-10-4-6-12(13(8-10)22-2)16(20)23-14-7-9(17)3-5-11(14)15(18)19/h3-8H,17H2,1-2H3,(H,18,19). The third-order valence-electron chi connectivity index (χ3n) is 3.07. The Kier molecular flexibility index (Phi) is 4.70. The van der Waals surface area contributed by atoms with Crippen molar-refractivity contribution in [3.63, 3.8) is 0 Å². The summed E-state index contributed by atoms with van der Waals surface area (Å²) in [6.07, 6.45) is 0. The number of hydrogen-bond acceptors (Lipinski definition) is 6. The summed E-state index contributed by atoms with van der Waals surface area (Å²) in [5.74, 6) is -1.38. The molecule has 0 aliphatic heterocycles. The van der Waals surface area contributed by atoms with Crippen molar-refractivity contribution in [2.75, 3.05) is 20.0 Å². The molecule has 0 amide bonds. The minimum absolute atomic E-state index is 0.132. The predicted molar refractivity (Wildman–Crippen MR) is 82.3 cm³/mol. The Hall–Kier alpha value is -3.22. The highest BCUT2D eigenvalue weighted by molar-refractivity contribution is 5.97. The average Bonchev–Trinajstić information content (AvgIpc) is 2.53. The van der Waals surface area contributed by atoms with Gasteiger partial charge in [-0.3, -0.25) is 0 Å². The maximum atomic E-state index is 12.3. The van der Waals surface area contributed by atoms with Crippen LogP contribution in [-0.2, 0) is 0 Å². The van der Waals surface area contributed by atoms with Crippen molar-refractivity contribution in [2.24, 2.45) is 0 Å². The molecule has 23 heavy (non-hydrogen) atoms. The number of ether oxygens (including phenoxy) is 3. The fourth-order valence-electron chi connectivity index (χ4n) is 1.92. The van der Waals surface area contributed by atoms with Gasteiger partial charge in [0, 0.05) is 17.8 Å². The van der Waals surface area contributed by atoms with E-state index in [2.05, 4.69) is 0 Å². The first kappa shape index (κ1) is 16.2. The number of nitrogen functional groups attached to an aromatic ring is 1. The molecule has 0 saturated heterocycles. The van der Waals surface area contributed by atoms with Crippen molar-refractivity contribution >= 4 is 17.6 Å². The molecular weight excluding hydrogens is 302 g/mol. The molecule has 0 radical (unpaired) electrons. The van der Waals surface area contributed by atoms with Gasteiger partial charge in [-0.15, -0.1) is 0 Å². The van der Waals surface area contributed by atoms with Crippen molar-refractivity contribution in [1.82, 2.24) is 0 Å². The number of carboxylic acid groups (broad SMARTS) is 1. The van der Waals surface area contributed by atoms with Gasteiger partial charge in [-0.1, -0.05) is 0 Å². The number of carbonyl (C=O) groups excluding carboxylic acids is 1. The predicted octanol–water partition coefficient (Wildman–Crippen LogP) is 2.20. The van der Waals surface area contributed by atoms with E-state index in [1.807, 2.05) is 0 Å². The lowest BCUT2D eigenvalue weighted by Gasteiger charge is -2.11.